The van der Waals surface area contributed by atoms with Crippen LogP contribution in [0, 0.1) is 0 Å². The van der Waals surface area contributed by atoms with Gasteiger partial charge in [0.2, 0.25) is 0 Å². The number of ether oxygens (including phenoxy) is 1. The van der Waals surface area contributed by atoms with E-state index in [1.807, 2.05) is 18.2 Å². The van der Waals surface area contributed by atoms with Crippen LogP contribution in [0.25, 0.3) is 0 Å². The molecule has 0 amide bonds. The number of thiophene rings is 1. The molecule has 2 rings (SSSR count). The topological polar surface area (TPSA) is 21.3 Å². The molecule has 5 heteroatoms. The summed E-state index contributed by atoms with van der Waals surface area (Å²) in [6.45, 7) is 0.783. The minimum Gasteiger partial charge on any atom is -0.495 e. The lowest BCUT2D eigenvalue weighted by atomic mass is 10.3. The minimum atomic E-state index is 0.783. The van der Waals surface area contributed by atoms with Gasteiger partial charge in [-0.25, -0.2) is 0 Å². The van der Waals surface area contributed by atoms with Crippen LogP contribution >= 0.6 is 43.2 Å². The second-order valence-electron chi connectivity index (χ2n) is 3.39. The molecule has 0 saturated carbocycles. The van der Waals surface area contributed by atoms with Crippen molar-refractivity contribution in [3.8, 4) is 5.75 Å². The fourth-order valence-electron chi connectivity index (χ4n) is 1.45. The van der Waals surface area contributed by atoms with Gasteiger partial charge in [0, 0.05) is 13.8 Å². The largest absolute Gasteiger partial charge is 0.495 e. The predicted octanol–water partition coefficient (Wildman–Crippen LogP) is 4.89. The summed E-state index contributed by atoms with van der Waals surface area (Å²) in [6, 6.07) is 7.97. The number of benzene rings is 1. The zero-order valence-corrected chi connectivity index (χ0v) is 13.2. The van der Waals surface area contributed by atoms with Crippen molar-refractivity contribution in [3.05, 3.63) is 43.5 Å². The first-order chi connectivity index (χ1) is 8.20. The fourth-order valence-corrected chi connectivity index (χ4v) is 3.24. The smallest absolute Gasteiger partial charge is 0.142 e. The third-order valence-electron chi connectivity index (χ3n) is 2.29. The molecule has 0 fully saturated rings. The summed E-state index contributed by atoms with van der Waals surface area (Å²) >= 11 is 8.70. The van der Waals surface area contributed by atoms with E-state index in [1.165, 1.54) is 4.88 Å². The summed E-state index contributed by atoms with van der Waals surface area (Å²) < 4.78 is 7.48. The zero-order valence-electron chi connectivity index (χ0n) is 9.17. The lowest BCUT2D eigenvalue weighted by Gasteiger charge is -2.11. The molecule has 1 N–H and O–H groups in total. The quantitative estimate of drug-likeness (QED) is 0.819. The minimum absolute atomic E-state index is 0.783. The van der Waals surface area contributed by atoms with Gasteiger partial charge >= 0.3 is 0 Å². The van der Waals surface area contributed by atoms with Crippen LogP contribution in [0.2, 0.25) is 0 Å². The first-order valence-electron chi connectivity index (χ1n) is 5.00. The van der Waals surface area contributed by atoms with Gasteiger partial charge in [0.1, 0.15) is 5.75 Å². The van der Waals surface area contributed by atoms with E-state index in [-0.39, 0.29) is 0 Å². The van der Waals surface area contributed by atoms with E-state index in [1.54, 1.807) is 18.4 Å². The van der Waals surface area contributed by atoms with Crippen LogP contribution in [-0.4, -0.2) is 7.11 Å². The second kappa shape index (κ2) is 5.89. The Bertz CT molecular complexity index is 513. The maximum absolute atomic E-state index is 5.31. The molecule has 0 radical (unpaired) electrons. The Kier molecular flexibility index (Phi) is 4.48. The standard InChI is InChI=1S/C12H11Br2NOS/c1-16-11-3-2-8(13)6-10(11)15-7-12-9(14)4-5-17-12/h2-6,15H,7H2,1H3. The van der Waals surface area contributed by atoms with Crippen LogP contribution < -0.4 is 10.1 Å². The molecule has 0 spiro atoms. The summed E-state index contributed by atoms with van der Waals surface area (Å²) in [4.78, 5) is 1.27. The third-order valence-corrected chi connectivity index (χ3v) is 4.71. The highest BCUT2D eigenvalue weighted by atomic mass is 79.9. The average molecular weight is 377 g/mol. The van der Waals surface area contributed by atoms with E-state index in [0.29, 0.717) is 0 Å². The molecular weight excluding hydrogens is 366 g/mol. The highest BCUT2D eigenvalue weighted by Gasteiger charge is 2.05. The summed E-state index contributed by atoms with van der Waals surface area (Å²) in [5, 5.41) is 5.44. The van der Waals surface area contributed by atoms with Crippen molar-refractivity contribution < 1.29 is 4.74 Å². The number of hydrogen-bond acceptors (Lipinski definition) is 3. The van der Waals surface area contributed by atoms with Crippen molar-refractivity contribution in [2.24, 2.45) is 0 Å². The first kappa shape index (κ1) is 12.9. The summed E-state index contributed by atoms with van der Waals surface area (Å²) in [5.41, 5.74) is 0.988. The molecule has 0 aliphatic heterocycles. The van der Waals surface area contributed by atoms with Crippen molar-refractivity contribution in [3.63, 3.8) is 0 Å². The van der Waals surface area contributed by atoms with E-state index in [9.17, 15) is 0 Å². The predicted molar refractivity (Wildman–Crippen MR) is 80.0 cm³/mol. The van der Waals surface area contributed by atoms with Gasteiger partial charge < -0.3 is 10.1 Å². The molecule has 0 atom stereocenters. The van der Waals surface area contributed by atoms with E-state index in [0.717, 1.165) is 26.9 Å². The van der Waals surface area contributed by atoms with Crippen LogP contribution in [0.15, 0.2) is 38.6 Å². The molecule has 0 unspecified atom stereocenters. The van der Waals surface area contributed by atoms with Crippen LogP contribution in [0.1, 0.15) is 4.88 Å². The molecule has 2 nitrogen and oxygen atoms in total. The Morgan fingerprint density at radius 3 is 2.76 bits per heavy atom. The van der Waals surface area contributed by atoms with E-state index in [2.05, 4.69) is 48.6 Å². The Labute approximate surface area is 121 Å². The molecule has 90 valence electrons. The zero-order chi connectivity index (χ0) is 12.3. The molecule has 0 aliphatic rings. The van der Waals surface area contributed by atoms with Crippen molar-refractivity contribution in [1.82, 2.24) is 0 Å². The second-order valence-corrected chi connectivity index (χ2v) is 6.16. The average Bonchev–Trinajstić information content (AvgIpc) is 2.72. The number of nitrogens with one attached hydrogen (secondary N) is 1. The fraction of sp³-hybridized carbons (Fsp3) is 0.167. The maximum Gasteiger partial charge on any atom is 0.142 e. The molecule has 0 saturated heterocycles. The normalized spacial score (nSPS) is 10.3. The highest BCUT2D eigenvalue weighted by molar-refractivity contribution is 9.10. The van der Waals surface area contributed by atoms with Crippen molar-refractivity contribution in [2.75, 3.05) is 12.4 Å². The molecule has 1 aromatic heterocycles. The monoisotopic (exact) mass is 375 g/mol. The summed E-state index contributed by atoms with van der Waals surface area (Å²) in [6.07, 6.45) is 0. The van der Waals surface area contributed by atoms with Gasteiger partial charge in [-0.1, -0.05) is 15.9 Å². The van der Waals surface area contributed by atoms with Gasteiger partial charge in [0.15, 0.2) is 0 Å². The van der Waals surface area contributed by atoms with Crippen molar-refractivity contribution in [2.45, 2.75) is 6.54 Å². The summed E-state index contributed by atoms with van der Waals surface area (Å²) in [7, 11) is 1.68. The lowest BCUT2D eigenvalue weighted by Crippen LogP contribution is -2.00. The third kappa shape index (κ3) is 3.24. The molecular formula is C12H11Br2NOS. The molecule has 1 aromatic carbocycles. The van der Waals surface area contributed by atoms with Crippen LogP contribution in [0.3, 0.4) is 0 Å². The van der Waals surface area contributed by atoms with Gasteiger partial charge in [-0.3, -0.25) is 0 Å². The first-order valence-corrected chi connectivity index (χ1v) is 7.46. The number of anilines is 1. The Balaban J connectivity index is 2.13. The summed E-state index contributed by atoms with van der Waals surface area (Å²) in [5.74, 6) is 0.848. The SMILES string of the molecule is COc1ccc(Br)cc1NCc1sccc1Br. The van der Waals surface area contributed by atoms with Gasteiger partial charge in [0.05, 0.1) is 19.3 Å². The van der Waals surface area contributed by atoms with E-state index < -0.39 is 0 Å². The molecule has 2 aromatic rings. The van der Waals surface area contributed by atoms with Crippen molar-refractivity contribution in [1.29, 1.82) is 0 Å². The Morgan fingerprint density at radius 1 is 1.29 bits per heavy atom. The lowest BCUT2D eigenvalue weighted by molar-refractivity contribution is 0.416. The molecule has 17 heavy (non-hydrogen) atoms. The van der Waals surface area contributed by atoms with Crippen LogP contribution in [0.4, 0.5) is 5.69 Å². The van der Waals surface area contributed by atoms with Gasteiger partial charge in [0.25, 0.3) is 0 Å². The van der Waals surface area contributed by atoms with Crippen LogP contribution in [-0.2, 0) is 6.54 Å². The number of hydrogen-bond donors (Lipinski definition) is 1. The van der Waals surface area contributed by atoms with Crippen LogP contribution in [0.5, 0.6) is 5.75 Å². The van der Waals surface area contributed by atoms with Gasteiger partial charge in [-0.05, 0) is 45.6 Å². The van der Waals surface area contributed by atoms with Crippen molar-refractivity contribution >= 4 is 48.9 Å². The maximum atomic E-state index is 5.31. The number of rotatable bonds is 4. The number of methoxy groups -OCH3 is 1. The molecule has 0 bridgehead atoms. The Morgan fingerprint density at radius 2 is 2.12 bits per heavy atom. The Hall–Kier alpha value is -0.520. The van der Waals surface area contributed by atoms with Gasteiger partial charge in [-0.2, -0.15) is 0 Å². The van der Waals surface area contributed by atoms with E-state index in [4.69, 9.17) is 4.74 Å². The van der Waals surface area contributed by atoms with Gasteiger partial charge in [-0.15, -0.1) is 11.3 Å². The number of halogens is 2. The molecule has 0 aliphatic carbocycles. The van der Waals surface area contributed by atoms with E-state index >= 15 is 0 Å². The molecule has 1 heterocycles. The highest BCUT2D eigenvalue weighted by Crippen LogP contribution is 2.30.